The van der Waals surface area contributed by atoms with Crippen LogP contribution in [-0.2, 0) is 6.54 Å². The van der Waals surface area contributed by atoms with Crippen LogP contribution in [0, 0.1) is 5.92 Å². The molecule has 2 atom stereocenters. The molecule has 1 aromatic rings. The van der Waals surface area contributed by atoms with Crippen molar-refractivity contribution >= 4 is 5.97 Å². The lowest BCUT2D eigenvalue weighted by molar-refractivity contribution is 0.0697. The number of rotatable bonds is 3. The van der Waals surface area contributed by atoms with Crippen LogP contribution in [0.1, 0.15) is 49.0 Å². The van der Waals surface area contributed by atoms with Crippen LogP contribution < -0.4 is 0 Å². The van der Waals surface area contributed by atoms with E-state index < -0.39 is 5.97 Å². The van der Waals surface area contributed by atoms with Crippen molar-refractivity contribution in [2.75, 3.05) is 6.54 Å². The molecule has 0 bridgehead atoms. The maximum atomic E-state index is 10.8. The molecule has 3 nitrogen and oxygen atoms in total. The average molecular weight is 261 g/mol. The zero-order valence-electron chi connectivity index (χ0n) is 11.8. The van der Waals surface area contributed by atoms with Crippen molar-refractivity contribution in [1.29, 1.82) is 0 Å². The summed E-state index contributed by atoms with van der Waals surface area (Å²) in [7, 11) is 0. The third-order valence-corrected chi connectivity index (χ3v) is 4.07. The van der Waals surface area contributed by atoms with Crippen LogP contribution in [0.15, 0.2) is 24.3 Å². The van der Waals surface area contributed by atoms with Gasteiger partial charge in [-0.25, -0.2) is 4.79 Å². The second-order valence-electron chi connectivity index (χ2n) is 5.82. The molecule has 2 rings (SSSR count). The van der Waals surface area contributed by atoms with Crippen molar-refractivity contribution < 1.29 is 9.90 Å². The number of carboxylic acid groups (broad SMARTS) is 1. The predicted octanol–water partition coefficient (Wildman–Crippen LogP) is 3.40. The Morgan fingerprint density at radius 3 is 2.58 bits per heavy atom. The van der Waals surface area contributed by atoms with Crippen molar-refractivity contribution in [2.24, 2.45) is 5.92 Å². The quantitative estimate of drug-likeness (QED) is 0.906. The van der Waals surface area contributed by atoms with E-state index in [1.807, 2.05) is 12.1 Å². The highest BCUT2D eigenvalue weighted by molar-refractivity contribution is 5.87. The summed E-state index contributed by atoms with van der Waals surface area (Å²) in [5.41, 5.74) is 1.56. The minimum absolute atomic E-state index is 0.362. The minimum atomic E-state index is -0.858. The monoisotopic (exact) mass is 261 g/mol. The zero-order valence-corrected chi connectivity index (χ0v) is 11.8. The third kappa shape index (κ3) is 3.80. The van der Waals surface area contributed by atoms with Gasteiger partial charge in [-0.05, 0) is 43.4 Å². The summed E-state index contributed by atoms with van der Waals surface area (Å²) in [6.07, 6.45) is 3.90. The molecule has 1 heterocycles. The smallest absolute Gasteiger partial charge is 0.335 e. The molecule has 0 amide bonds. The highest BCUT2D eigenvalue weighted by Gasteiger charge is 2.20. The first-order valence-electron chi connectivity index (χ1n) is 7.12. The average Bonchev–Trinajstić information content (AvgIpc) is 2.52. The number of carboxylic acids is 1. The van der Waals surface area contributed by atoms with Crippen molar-refractivity contribution in [2.45, 2.75) is 45.7 Å². The Labute approximate surface area is 115 Å². The third-order valence-electron chi connectivity index (χ3n) is 4.07. The molecule has 0 spiro atoms. The number of carbonyl (C=O) groups is 1. The van der Waals surface area contributed by atoms with Crippen LogP contribution in [0.4, 0.5) is 0 Å². The summed E-state index contributed by atoms with van der Waals surface area (Å²) < 4.78 is 0. The van der Waals surface area contributed by atoms with Gasteiger partial charge in [0.05, 0.1) is 5.56 Å². The summed E-state index contributed by atoms with van der Waals surface area (Å²) in [6, 6.07) is 7.88. The molecule has 1 aromatic carbocycles. The van der Waals surface area contributed by atoms with E-state index in [0.717, 1.165) is 19.0 Å². The van der Waals surface area contributed by atoms with Crippen LogP contribution in [0.25, 0.3) is 0 Å². The van der Waals surface area contributed by atoms with Gasteiger partial charge in [0.1, 0.15) is 0 Å². The number of benzene rings is 1. The van der Waals surface area contributed by atoms with E-state index in [2.05, 4.69) is 18.7 Å². The zero-order chi connectivity index (χ0) is 13.8. The number of aromatic carboxylic acids is 1. The first-order chi connectivity index (χ1) is 9.06. The summed E-state index contributed by atoms with van der Waals surface area (Å²) in [5, 5.41) is 8.90. The number of nitrogens with zero attached hydrogens (tertiary/aromatic N) is 1. The number of likely N-dealkylation sites (tertiary alicyclic amines) is 1. The molecule has 1 fully saturated rings. The van der Waals surface area contributed by atoms with Gasteiger partial charge < -0.3 is 5.11 Å². The molecule has 1 aliphatic rings. The van der Waals surface area contributed by atoms with Gasteiger partial charge in [0.15, 0.2) is 0 Å². The van der Waals surface area contributed by atoms with E-state index in [1.165, 1.54) is 24.8 Å². The Hall–Kier alpha value is -1.35. The fourth-order valence-corrected chi connectivity index (χ4v) is 2.82. The molecule has 0 aliphatic carbocycles. The van der Waals surface area contributed by atoms with Crippen molar-refractivity contribution in [3.05, 3.63) is 35.4 Å². The Morgan fingerprint density at radius 1 is 1.26 bits per heavy atom. The highest BCUT2D eigenvalue weighted by atomic mass is 16.4. The molecule has 2 unspecified atom stereocenters. The lowest BCUT2D eigenvalue weighted by Crippen LogP contribution is -2.33. The van der Waals surface area contributed by atoms with Crippen molar-refractivity contribution in [3.63, 3.8) is 0 Å². The molecule has 0 aromatic heterocycles. The van der Waals surface area contributed by atoms with Gasteiger partial charge in [0.2, 0.25) is 0 Å². The minimum Gasteiger partial charge on any atom is -0.478 e. The lowest BCUT2D eigenvalue weighted by Gasteiger charge is -2.28. The van der Waals surface area contributed by atoms with E-state index >= 15 is 0 Å². The normalized spacial score (nSPS) is 24.9. The van der Waals surface area contributed by atoms with Crippen LogP contribution in [0.2, 0.25) is 0 Å². The Bertz CT molecular complexity index is 427. The van der Waals surface area contributed by atoms with Crippen molar-refractivity contribution in [3.8, 4) is 0 Å². The molecule has 3 heteroatoms. The first-order valence-corrected chi connectivity index (χ1v) is 7.12. The largest absolute Gasteiger partial charge is 0.478 e. The van der Waals surface area contributed by atoms with Crippen LogP contribution in [0.3, 0.4) is 0 Å². The second-order valence-corrected chi connectivity index (χ2v) is 5.82. The molecule has 1 N–H and O–H groups in total. The number of hydrogen-bond acceptors (Lipinski definition) is 2. The van der Waals surface area contributed by atoms with Gasteiger partial charge in [0, 0.05) is 19.1 Å². The molecule has 104 valence electrons. The molecule has 19 heavy (non-hydrogen) atoms. The molecule has 0 radical (unpaired) electrons. The summed E-state index contributed by atoms with van der Waals surface area (Å²) in [5.74, 6) is -0.105. The van der Waals surface area contributed by atoms with E-state index in [0.29, 0.717) is 11.6 Å². The van der Waals surface area contributed by atoms with Gasteiger partial charge in [-0.1, -0.05) is 25.5 Å². The topological polar surface area (TPSA) is 40.5 Å². The Kier molecular flexibility index (Phi) is 4.59. The summed E-state index contributed by atoms with van der Waals surface area (Å²) in [6.45, 7) is 6.68. The van der Waals surface area contributed by atoms with Gasteiger partial charge in [-0.2, -0.15) is 0 Å². The lowest BCUT2D eigenvalue weighted by atomic mass is 10.1. The van der Waals surface area contributed by atoms with Crippen LogP contribution in [0.5, 0.6) is 0 Å². The fraction of sp³-hybridized carbons (Fsp3) is 0.562. The molecule has 0 saturated carbocycles. The Morgan fingerprint density at radius 2 is 1.95 bits per heavy atom. The van der Waals surface area contributed by atoms with Gasteiger partial charge in [-0.15, -0.1) is 0 Å². The van der Waals surface area contributed by atoms with Gasteiger partial charge in [-0.3, -0.25) is 4.90 Å². The molecule has 1 saturated heterocycles. The SMILES string of the molecule is CC1CCCC(C)N(Cc2ccc(C(=O)O)cc2)C1. The molecular formula is C16H23NO2. The Balaban J connectivity index is 2.04. The predicted molar refractivity (Wildman–Crippen MR) is 76.3 cm³/mol. The maximum absolute atomic E-state index is 10.8. The van der Waals surface area contributed by atoms with Gasteiger partial charge >= 0.3 is 5.97 Å². The van der Waals surface area contributed by atoms with Crippen LogP contribution in [-0.4, -0.2) is 28.6 Å². The molecule has 1 aliphatic heterocycles. The van der Waals surface area contributed by atoms with Gasteiger partial charge in [0.25, 0.3) is 0 Å². The molecular weight excluding hydrogens is 238 g/mol. The number of hydrogen-bond donors (Lipinski definition) is 1. The van der Waals surface area contributed by atoms with E-state index in [9.17, 15) is 4.79 Å². The second kappa shape index (κ2) is 6.20. The standard InChI is InChI=1S/C16H23NO2/c1-12-4-3-5-13(2)17(10-12)11-14-6-8-15(9-7-14)16(18)19/h6-9,12-13H,3-5,10-11H2,1-2H3,(H,18,19). The summed E-state index contributed by atoms with van der Waals surface area (Å²) in [4.78, 5) is 13.4. The summed E-state index contributed by atoms with van der Waals surface area (Å²) >= 11 is 0. The van der Waals surface area contributed by atoms with Crippen LogP contribution >= 0.6 is 0 Å². The van der Waals surface area contributed by atoms with E-state index in [4.69, 9.17) is 5.11 Å². The van der Waals surface area contributed by atoms with E-state index in [1.54, 1.807) is 12.1 Å². The van der Waals surface area contributed by atoms with E-state index in [-0.39, 0.29) is 0 Å². The first kappa shape index (κ1) is 14.1. The fourth-order valence-electron chi connectivity index (χ4n) is 2.82. The van der Waals surface area contributed by atoms with Crippen molar-refractivity contribution in [1.82, 2.24) is 4.90 Å². The maximum Gasteiger partial charge on any atom is 0.335 e. The highest BCUT2D eigenvalue weighted by Crippen LogP contribution is 2.22.